The number of hydrogen-bond acceptors (Lipinski definition) is 5. The summed E-state index contributed by atoms with van der Waals surface area (Å²) in [7, 11) is 0. The molecule has 0 unspecified atom stereocenters. The minimum atomic E-state index is -0.509. The maximum Gasteiger partial charge on any atom is 0.288 e. The van der Waals surface area contributed by atoms with Gasteiger partial charge in [0.2, 0.25) is 0 Å². The SMILES string of the molecule is Cc1ccc(CCNc2ncnc3cc(Cl)c([N+](=O)[O-])cc23)cc1. The zero-order valence-corrected chi connectivity index (χ0v) is 13.7. The molecule has 0 bridgehead atoms. The van der Waals surface area contributed by atoms with E-state index in [1.165, 1.54) is 29.6 Å². The fourth-order valence-electron chi connectivity index (χ4n) is 2.43. The second-order valence-corrected chi connectivity index (χ2v) is 5.87. The number of rotatable bonds is 5. The summed E-state index contributed by atoms with van der Waals surface area (Å²) in [4.78, 5) is 18.9. The summed E-state index contributed by atoms with van der Waals surface area (Å²) in [5.41, 5.74) is 2.84. The Kier molecular flexibility index (Phi) is 4.57. The van der Waals surface area contributed by atoms with E-state index in [2.05, 4.69) is 39.6 Å². The van der Waals surface area contributed by atoms with Crippen LogP contribution in [0, 0.1) is 17.0 Å². The molecule has 3 rings (SSSR count). The predicted molar refractivity (Wildman–Crippen MR) is 94.6 cm³/mol. The third kappa shape index (κ3) is 3.44. The van der Waals surface area contributed by atoms with Crippen LogP contribution in [0.2, 0.25) is 5.02 Å². The Morgan fingerprint density at radius 2 is 1.96 bits per heavy atom. The summed E-state index contributed by atoms with van der Waals surface area (Å²) >= 11 is 5.93. The van der Waals surface area contributed by atoms with Crippen molar-refractivity contribution in [1.29, 1.82) is 0 Å². The molecule has 0 atom stereocenters. The number of nitrogens with zero attached hydrogens (tertiary/aromatic N) is 3. The average Bonchev–Trinajstić information content (AvgIpc) is 2.56. The molecule has 122 valence electrons. The molecule has 3 aromatic rings. The van der Waals surface area contributed by atoms with Gasteiger partial charge in [-0.1, -0.05) is 41.4 Å². The number of anilines is 1. The largest absolute Gasteiger partial charge is 0.369 e. The van der Waals surface area contributed by atoms with Crippen molar-refractivity contribution in [3.05, 3.63) is 69.0 Å². The first-order valence-corrected chi connectivity index (χ1v) is 7.80. The minimum absolute atomic E-state index is 0.0665. The summed E-state index contributed by atoms with van der Waals surface area (Å²) in [5.74, 6) is 0.562. The monoisotopic (exact) mass is 342 g/mol. The number of halogens is 1. The molecule has 0 saturated heterocycles. The lowest BCUT2D eigenvalue weighted by molar-refractivity contribution is -0.384. The van der Waals surface area contributed by atoms with Crippen molar-refractivity contribution < 1.29 is 4.92 Å². The molecule has 1 aromatic heterocycles. The molecular weight excluding hydrogens is 328 g/mol. The summed E-state index contributed by atoms with van der Waals surface area (Å²) in [6.07, 6.45) is 2.24. The Hall–Kier alpha value is -2.73. The molecule has 1 N–H and O–H groups in total. The second kappa shape index (κ2) is 6.80. The second-order valence-electron chi connectivity index (χ2n) is 5.46. The van der Waals surface area contributed by atoms with Crippen molar-refractivity contribution in [3.8, 4) is 0 Å². The van der Waals surface area contributed by atoms with E-state index in [0.717, 1.165) is 6.42 Å². The van der Waals surface area contributed by atoms with Gasteiger partial charge in [0.1, 0.15) is 17.2 Å². The van der Waals surface area contributed by atoms with Crippen LogP contribution in [0.1, 0.15) is 11.1 Å². The van der Waals surface area contributed by atoms with Crippen molar-refractivity contribution in [3.63, 3.8) is 0 Å². The molecule has 0 fully saturated rings. The van der Waals surface area contributed by atoms with Crippen LogP contribution >= 0.6 is 11.6 Å². The quantitative estimate of drug-likeness (QED) is 0.556. The molecule has 1 heterocycles. The zero-order valence-electron chi connectivity index (χ0n) is 13.0. The zero-order chi connectivity index (χ0) is 17.1. The third-order valence-electron chi connectivity index (χ3n) is 3.73. The van der Waals surface area contributed by atoms with Crippen LogP contribution in [0.5, 0.6) is 0 Å². The van der Waals surface area contributed by atoms with Crippen molar-refractivity contribution >= 4 is 34.0 Å². The number of nitrogens with one attached hydrogen (secondary N) is 1. The first kappa shape index (κ1) is 16.1. The third-order valence-corrected chi connectivity index (χ3v) is 4.03. The summed E-state index contributed by atoms with van der Waals surface area (Å²) in [5, 5.41) is 14.9. The van der Waals surface area contributed by atoms with Gasteiger partial charge in [0.15, 0.2) is 0 Å². The lowest BCUT2D eigenvalue weighted by atomic mass is 10.1. The number of nitro benzene ring substituents is 1. The smallest absolute Gasteiger partial charge is 0.288 e. The van der Waals surface area contributed by atoms with Crippen LogP contribution < -0.4 is 5.32 Å². The van der Waals surface area contributed by atoms with Gasteiger partial charge in [-0.15, -0.1) is 0 Å². The summed E-state index contributed by atoms with van der Waals surface area (Å²) in [6.45, 7) is 2.71. The van der Waals surface area contributed by atoms with Gasteiger partial charge in [0, 0.05) is 18.0 Å². The van der Waals surface area contributed by atoms with E-state index in [0.29, 0.717) is 23.3 Å². The fourth-order valence-corrected chi connectivity index (χ4v) is 2.65. The maximum absolute atomic E-state index is 11.1. The van der Waals surface area contributed by atoms with Crippen LogP contribution in [-0.2, 0) is 6.42 Å². The van der Waals surface area contributed by atoms with E-state index in [-0.39, 0.29) is 10.7 Å². The van der Waals surface area contributed by atoms with Crippen LogP contribution in [0.4, 0.5) is 11.5 Å². The topological polar surface area (TPSA) is 81.0 Å². The van der Waals surface area contributed by atoms with Crippen molar-refractivity contribution in [2.45, 2.75) is 13.3 Å². The van der Waals surface area contributed by atoms with E-state index in [9.17, 15) is 10.1 Å². The van der Waals surface area contributed by atoms with Gasteiger partial charge in [-0.3, -0.25) is 10.1 Å². The normalized spacial score (nSPS) is 10.8. The maximum atomic E-state index is 11.1. The summed E-state index contributed by atoms with van der Waals surface area (Å²) in [6, 6.07) is 11.2. The molecule has 2 aromatic carbocycles. The van der Waals surface area contributed by atoms with Gasteiger partial charge in [-0.05, 0) is 25.0 Å². The number of benzene rings is 2. The molecule has 0 radical (unpaired) electrons. The Morgan fingerprint density at radius 3 is 2.67 bits per heavy atom. The van der Waals surface area contributed by atoms with Gasteiger partial charge in [-0.25, -0.2) is 9.97 Å². The number of aromatic nitrogens is 2. The van der Waals surface area contributed by atoms with E-state index >= 15 is 0 Å². The van der Waals surface area contributed by atoms with Crippen LogP contribution in [0.15, 0.2) is 42.7 Å². The highest BCUT2D eigenvalue weighted by atomic mass is 35.5. The van der Waals surface area contributed by atoms with Crippen LogP contribution in [0.3, 0.4) is 0 Å². The van der Waals surface area contributed by atoms with E-state index < -0.39 is 4.92 Å². The molecule has 0 aliphatic rings. The Labute approximate surface area is 143 Å². The molecule has 0 aliphatic carbocycles. The van der Waals surface area contributed by atoms with E-state index in [1.54, 1.807) is 0 Å². The van der Waals surface area contributed by atoms with Gasteiger partial charge in [0.25, 0.3) is 5.69 Å². The first-order chi connectivity index (χ1) is 11.5. The van der Waals surface area contributed by atoms with Gasteiger partial charge in [-0.2, -0.15) is 0 Å². The van der Waals surface area contributed by atoms with E-state index in [4.69, 9.17) is 11.6 Å². The molecular formula is C17H15ClN4O2. The van der Waals surface area contributed by atoms with Gasteiger partial charge in [0.05, 0.1) is 10.4 Å². The Bertz CT molecular complexity index is 897. The van der Waals surface area contributed by atoms with Crippen LogP contribution in [0.25, 0.3) is 10.9 Å². The minimum Gasteiger partial charge on any atom is -0.369 e. The number of hydrogen-bond donors (Lipinski definition) is 1. The summed E-state index contributed by atoms with van der Waals surface area (Å²) < 4.78 is 0. The molecule has 24 heavy (non-hydrogen) atoms. The van der Waals surface area contributed by atoms with Gasteiger partial charge < -0.3 is 5.32 Å². The highest BCUT2D eigenvalue weighted by Crippen LogP contribution is 2.31. The predicted octanol–water partition coefficient (Wildman–Crippen LogP) is 4.15. The first-order valence-electron chi connectivity index (χ1n) is 7.42. The number of nitro groups is 1. The van der Waals surface area contributed by atoms with Crippen molar-refractivity contribution in [2.24, 2.45) is 0 Å². The molecule has 7 heteroatoms. The standard InChI is InChI=1S/C17H15ClN4O2/c1-11-2-4-12(5-3-11)6-7-19-17-13-8-16(22(23)24)14(18)9-15(13)20-10-21-17/h2-5,8-10H,6-7H2,1H3,(H,19,20,21). The van der Waals surface area contributed by atoms with Gasteiger partial charge >= 0.3 is 0 Å². The molecule has 0 spiro atoms. The van der Waals surface area contributed by atoms with E-state index in [1.807, 2.05) is 6.92 Å². The lowest BCUT2D eigenvalue weighted by Gasteiger charge is -2.09. The average molecular weight is 343 g/mol. The fraction of sp³-hybridized carbons (Fsp3) is 0.176. The van der Waals surface area contributed by atoms with Crippen molar-refractivity contribution in [1.82, 2.24) is 9.97 Å². The molecule has 0 saturated carbocycles. The number of aryl methyl sites for hydroxylation is 1. The Morgan fingerprint density at radius 1 is 1.21 bits per heavy atom. The number of fused-ring (bicyclic) bond motifs is 1. The highest BCUT2D eigenvalue weighted by molar-refractivity contribution is 6.33. The van der Waals surface area contributed by atoms with Crippen LogP contribution in [-0.4, -0.2) is 21.4 Å². The Balaban J connectivity index is 1.82. The highest BCUT2D eigenvalue weighted by Gasteiger charge is 2.16. The molecule has 0 amide bonds. The molecule has 0 aliphatic heterocycles. The lowest BCUT2D eigenvalue weighted by Crippen LogP contribution is -2.07. The molecule has 6 nitrogen and oxygen atoms in total. The van der Waals surface area contributed by atoms with Crippen molar-refractivity contribution in [2.75, 3.05) is 11.9 Å².